The molecule has 3 aromatic rings. The van der Waals surface area contributed by atoms with Crippen LogP contribution >= 0.6 is 22.9 Å². The van der Waals surface area contributed by atoms with Gasteiger partial charge in [-0.2, -0.15) is 0 Å². The molecule has 0 saturated carbocycles. The third kappa shape index (κ3) is 2.89. The molecule has 22 heavy (non-hydrogen) atoms. The third-order valence-electron chi connectivity index (χ3n) is 3.55. The van der Waals surface area contributed by atoms with Crippen molar-refractivity contribution in [3.05, 3.63) is 58.1 Å². The maximum absolute atomic E-state index is 12.5. The van der Waals surface area contributed by atoms with Crippen LogP contribution in [0.2, 0.25) is 5.02 Å². The Bertz CT molecular complexity index is 819. The molecule has 1 N–H and O–H groups in total. The quantitative estimate of drug-likeness (QED) is 0.726. The van der Waals surface area contributed by atoms with Crippen molar-refractivity contribution in [1.29, 1.82) is 0 Å². The number of carbonyl (C=O) groups is 1. The fourth-order valence-corrected chi connectivity index (χ4v) is 3.62. The molecule has 3 rings (SSSR count). The number of amides is 1. The largest absolute Gasteiger partial charge is 0.347 e. The number of hydrogen-bond donors (Lipinski definition) is 1. The SMILES string of the molecule is CC(C)n1c(C(=O)NCc2cccc(Cl)c2)cc2sccc21. The smallest absolute Gasteiger partial charge is 0.268 e. The molecular weight excluding hydrogens is 316 g/mol. The second kappa shape index (κ2) is 6.15. The Balaban J connectivity index is 1.83. The molecule has 0 atom stereocenters. The van der Waals surface area contributed by atoms with E-state index in [9.17, 15) is 4.79 Å². The number of thiophene rings is 1. The summed E-state index contributed by atoms with van der Waals surface area (Å²) in [4.78, 5) is 12.5. The molecule has 0 aliphatic heterocycles. The maximum atomic E-state index is 12.5. The molecule has 0 bridgehead atoms. The van der Waals surface area contributed by atoms with E-state index in [1.807, 2.05) is 30.3 Å². The number of nitrogens with zero attached hydrogens (tertiary/aromatic N) is 1. The topological polar surface area (TPSA) is 34.0 Å². The highest BCUT2D eigenvalue weighted by Gasteiger charge is 2.17. The second-order valence-corrected chi connectivity index (χ2v) is 6.86. The number of nitrogens with one attached hydrogen (secondary N) is 1. The Labute approximate surface area is 138 Å². The molecule has 0 fully saturated rings. The molecule has 1 amide bonds. The molecule has 2 aromatic heterocycles. The zero-order chi connectivity index (χ0) is 15.7. The van der Waals surface area contributed by atoms with Gasteiger partial charge in [-0.3, -0.25) is 4.79 Å². The van der Waals surface area contributed by atoms with Gasteiger partial charge in [-0.15, -0.1) is 11.3 Å². The van der Waals surface area contributed by atoms with Crippen LogP contribution in [0.3, 0.4) is 0 Å². The first-order valence-corrected chi connectivity index (χ1v) is 8.43. The number of aromatic nitrogens is 1. The van der Waals surface area contributed by atoms with Crippen molar-refractivity contribution in [2.24, 2.45) is 0 Å². The summed E-state index contributed by atoms with van der Waals surface area (Å²) in [5.74, 6) is -0.0583. The van der Waals surface area contributed by atoms with E-state index in [1.54, 1.807) is 11.3 Å². The standard InChI is InChI=1S/C17H17ClN2OS/c1-11(2)20-14-6-7-22-16(14)9-15(20)17(21)19-10-12-4-3-5-13(18)8-12/h3-9,11H,10H2,1-2H3,(H,19,21). The Morgan fingerprint density at radius 3 is 2.86 bits per heavy atom. The van der Waals surface area contributed by atoms with E-state index in [-0.39, 0.29) is 11.9 Å². The predicted octanol–water partition coefficient (Wildman–Crippen LogP) is 4.87. The molecule has 114 valence electrons. The molecule has 0 unspecified atom stereocenters. The van der Waals surface area contributed by atoms with Crippen LogP contribution < -0.4 is 5.32 Å². The van der Waals surface area contributed by atoms with Gasteiger partial charge < -0.3 is 9.88 Å². The molecule has 0 aliphatic carbocycles. The lowest BCUT2D eigenvalue weighted by atomic mass is 10.2. The predicted molar refractivity (Wildman–Crippen MR) is 92.8 cm³/mol. The van der Waals surface area contributed by atoms with Crippen LogP contribution in [-0.4, -0.2) is 10.5 Å². The Morgan fingerprint density at radius 1 is 1.32 bits per heavy atom. The zero-order valence-corrected chi connectivity index (χ0v) is 14.0. The van der Waals surface area contributed by atoms with Gasteiger partial charge in [0.1, 0.15) is 5.69 Å². The van der Waals surface area contributed by atoms with Gasteiger partial charge in [0, 0.05) is 17.6 Å². The summed E-state index contributed by atoms with van der Waals surface area (Å²) in [6.45, 7) is 4.64. The minimum Gasteiger partial charge on any atom is -0.347 e. The fraction of sp³-hybridized carbons (Fsp3) is 0.235. The molecule has 0 radical (unpaired) electrons. The number of rotatable bonds is 4. The molecule has 0 spiro atoms. The van der Waals surface area contributed by atoms with Gasteiger partial charge in [-0.25, -0.2) is 0 Å². The first-order valence-electron chi connectivity index (χ1n) is 7.17. The van der Waals surface area contributed by atoms with E-state index >= 15 is 0 Å². The van der Waals surface area contributed by atoms with Crippen molar-refractivity contribution >= 4 is 39.1 Å². The van der Waals surface area contributed by atoms with Crippen molar-refractivity contribution in [1.82, 2.24) is 9.88 Å². The normalized spacial score (nSPS) is 11.3. The molecule has 1 aromatic carbocycles. The Kier molecular flexibility index (Phi) is 4.23. The van der Waals surface area contributed by atoms with Gasteiger partial charge in [0.05, 0.1) is 10.2 Å². The second-order valence-electron chi connectivity index (χ2n) is 5.48. The van der Waals surface area contributed by atoms with Crippen LogP contribution in [0.25, 0.3) is 10.2 Å². The zero-order valence-electron chi connectivity index (χ0n) is 12.5. The van der Waals surface area contributed by atoms with Gasteiger partial charge in [-0.1, -0.05) is 23.7 Å². The molecule has 2 heterocycles. The van der Waals surface area contributed by atoms with Gasteiger partial charge in [0.2, 0.25) is 0 Å². The molecule has 0 aliphatic rings. The third-order valence-corrected chi connectivity index (χ3v) is 4.64. The average Bonchev–Trinajstić information content (AvgIpc) is 3.04. The lowest BCUT2D eigenvalue weighted by molar-refractivity contribution is 0.0940. The van der Waals surface area contributed by atoms with Gasteiger partial charge >= 0.3 is 0 Å². The Hall–Kier alpha value is -1.78. The van der Waals surface area contributed by atoms with E-state index in [4.69, 9.17) is 11.6 Å². The van der Waals surface area contributed by atoms with Crippen LogP contribution in [-0.2, 0) is 6.54 Å². The first-order chi connectivity index (χ1) is 10.6. The van der Waals surface area contributed by atoms with E-state index in [1.165, 1.54) is 0 Å². The summed E-state index contributed by atoms with van der Waals surface area (Å²) in [5, 5.41) is 5.71. The van der Waals surface area contributed by atoms with Crippen LogP contribution in [0, 0.1) is 0 Å². The lowest BCUT2D eigenvalue weighted by Crippen LogP contribution is -2.26. The summed E-state index contributed by atoms with van der Waals surface area (Å²) in [6, 6.07) is 11.8. The number of hydrogen-bond acceptors (Lipinski definition) is 2. The van der Waals surface area contributed by atoms with Crippen molar-refractivity contribution in [3.8, 4) is 0 Å². The van der Waals surface area contributed by atoms with Crippen LogP contribution in [0.1, 0.15) is 35.9 Å². The molecular formula is C17H17ClN2OS. The monoisotopic (exact) mass is 332 g/mol. The summed E-state index contributed by atoms with van der Waals surface area (Å²) in [5.41, 5.74) is 2.82. The van der Waals surface area contributed by atoms with Crippen molar-refractivity contribution < 1.29 is 4.79 Å². The average molecular weight is 333 g/mol. The van der Waals surface area contributed by atoms with E-state index in [2.05, 4.69) is 35.2 Å². The van der Waals surface area contributed by atoms with Gasteiger partial charge in [0.25, 0.3) is 5.91 Å². The molecule has 0 saturated heterocycles. The molecule has 3 nitrogen and oxygen atoms in total. The minimum atomic E-state index is -0.0583. The number of carbonyl (C=O) groups excluding carboxylic acids is 1. The first kappa shape index (κ1) is 15.1. The van der Waals surface area contributed by atoms with E-state index < -0.39 is 0 Å². The lowest BCUT2D eigenvalue weighted by Gasteiger charge is -2.14. The number of halogens is 1. The highest BCUT2D eigenvalue weighted by atomic mass is 35.5. The summed E-state index contributed by atoms with van der Waals surface area (Å²) in [6.07, 6.45) is 0. The van der Waals surface area contributed by atoms with Crippen molar-refractivity contribution in [3.63, 3.8) is 0 Å². The van der Waals surface area contributed by atoms with Crippen molar-refractivity contribution in [2.75, 3.05) is 0 Å². The summed E-state index contributed by atoms with van der Waals surface area (Å²) >= 11 is 7.62. The fourth-order valence-electron chi connectivity index (χ4n) is 2.60. The van der Waals surface area contributed by atoms with Crippen LogP contribution in [0.4, 0.5) is 0 Å². The number of fused-ring (bicyclic) bond motifs is 1. The van der Waals surface area contributed by atoms with E-state index in [0.29, 0.717) is 17.3 Å². The summed E-state index contributed by atoms with van der Waals surface area (Å²) < 4.78 is 3.22. The minimum absolute atomic E-state index is 0.0583. The Morgan fingerprint density at radius 2 is 2.14 bits per heavy atom. The van der Waals surface area contributed by atoms with Crippen molar-refractivity contribution in [2.45, 2.75) is 26.4 Å². The van der Waals surface area contributed by atoms with Crippen LogP contribution in [0.15, 0.2) is 41.8 Å². The number of benzene rings is 1. The molecule has 5 heteroatoms. The maximum Gasteiger partial charge on any atom is 0.268 e. The van der Waals surface area contributed by atoms with Crippen LogP contribution in [0.5, 0.6) is 0 Å². The van der Waals surface area contributed by atoms with Gasteiger partial charge in [-0.05, 0) is 49.1 Å². The summed E-state index contributed by atoms with van der Waals surface area (Å²) in [7, 11) is 0. The highest BCUT2D eigenvalue weighted by Crippen LogP contribution is 2.28. The van der Waals surface area contributed by atoms with Gasteiger partial charge in [0.15, 0.2) is 0 Å². The highest BCUT2D eigenvalue weighted by molar-refractivity contribution is 7.17. The van der Waals surface area contributed by atoms with E-state index in [0.717, 1.165) is 15.8 Å².